The van der Waals surface area contributed by atoms with Gasteiger partial charge in [-0.1, -0.05) is 65.7 Å². The maximum atomic E-state index is 9.31. The van der Waals surface area contributed by atoms with Crippen LogP contribution in [0.25, 0.3) is 33.0 Å². The predicted molar refractivity (Wildman–Crippen MR) is 112 cm³/mol. The summed E-state index contributed by atoms with van der Waals surface area (Å²) in [6.45, 7) is 4.23. The highest BCUT2D eigenvalue weighted by Gasteiger charge is 2.13. The number of fused-ring (bicyclic) bond motifs is 1. The second kappa shape index (κ2) is 6.99. The first-order valence-electron chi connectivity index (χ1n) is 8.95. The van der Waals surface area contributed by atoms with E-state index in [1.807, 2.05) is 30.6 Å². The average Bonchev–Trinajstić information content (AvgIpc) is 2.66. The molecule has 0 spiro atoms. The molecule has 1 heterocycles. The minimum absolute atomic E-state index is 0.483. The highest BCUT2D eigenvalue weighted by atomic mass is 16.4. The molecular formula is C23H20BNO2. The van der Waals surface area contributed by atoms with Crippen molar-refractivity contribution in [2.75, 3.05) is 0 Å². The fourth-order valence-electron chi connectivity index (χ4n) is 3.66. The van der Waals surface area contributed by atoms with Crippen LogP contribution in [-0.4, -0.2) is 22.2 Å². The van der Waals surface area contributed by atoms with E-state index in [1.165, 1.54) is 16.7 Å². The normalized spacial score (nSPS) is 11.0. The lowest BCUT2D eigenvalue weighted by atomic mass is 9.79. The molecule has 27 heavy (non-hydrogen) atoms. The van der Waals surface area contributed by atoms with E-state index >= 15 is 0 Å². The predicted octanol–water partition coefficient (Wildman–Crippen LogP) is 3.87. The lowest BCUT2D eigenvalue weighted by Gasteiger charge is -2.13. The number of pyridine rings is 1. The molecule has 0 atom stereocenters. The van der Waals surface area contributed by atoms with E-state index in [0.29, 0.717) is 5.46 Å². The number of aromatic nitrogens is 1. The average molecular weight is 353 g/mol. The Morgan fingerprint density at radius 2 is 1.33 bits per heavy atom. The first-order valence-corrected chi connectivity index (χ1v) is 8.95. The van der Waals surface area contributed by atoms with E-state index in [1.54, 1.807) is 12.1 Å². The molecule has 4 heteroatoms. The zero-order chi connectivity index (χ0) is 19.0. The molecule has 0 aliphatic carbocycles. The summed E-state index contributed by atoms with van der Waals surface area (Å²) < 4.78 is 0. The summed E-state index contributed by atoms with van der Waals surface area (Å²) in [6.07, 6.45) is 3.72. The first-order chi connectivity index (χ1) is 13.0. The van der Waals surface area contributed by atoms with Gasteiger partial charge in [-0.15, -0.1) is 0 Å². The number of hydrogen-bond donors (Lipinski definition) is 2. The van der Waals surface area contributed by atoms with Gasteiger partial charge >= 0.3 is 7.12 Å². The summed E-state index contributed by atoms with van der Waals surface area (Å²) in [5, 5.41) is 20.8. The van der Waals surface area contributed by atoms with Crippen molar-refractivity contribution in [2.24, 2.45) is 0 Å². The van der Waals surface area contributed by atoms with E-state index in [0.717, 1.165) is 27.5 Å². The topological polar surface area (TPSA) is 53.4 Å². The zero-order valence-electron chi connectivity index (χ0n) is 15.3. The summed E-state index contributed by atoms with van der Waals surface area (Å²) >= 11 is 0. The summed E-state index contributed by atoms with van der Waals surface area (Å²) in [5.41, 5.74) is 7.44. The smallest absolute Gasteiger partial charge is 0.423 e. The summed E-state index contributed by atoms with van der Waals surface area (Å²) in [7, 11) is -1.45. The van der Waals surface area contributed by atoms with Gasteiger partial charge in [0.05, 0.1) is 0 Å². The molecule has 0 bridgehead atoms. The molecule has 3 nitrogen and oxygen atoms in total. The maximum Gasteiger partial charge on any atom is 0.488 e. The monoisotopic (exact) mass is 353 g/mol. The van der Waals surface area contributed by atoms with E-state index < -0.39 is 7.12 Å². The minimum atomic E-state index is -1.45. The Labute approximate surface area is 159 Å². The lowest BCUT2D eigenvalue weighted by molar-refractivity contribution is 0.426. The van der Waals surface area contributed by atoms with E-state index in [4.69, 9.17) is 0 Å². The third kappa shape index (κ3) is 3.37. The molecule has 4 rings (SSSR count). The molecule has 0 unspecified atom stereocenters. The van der Waals surface area contributed by atoms with Crippen molar-refractivity contribution in [1.82, 2.24) is 4.98 Å². The number of aryl methyl sites for hydroxylation is 2. The van der Waals surface area contributed by atoms with Crippen LogP contribution in [0.2, 0.25) is 0 Å². The molecule has 0 radical (unpaired) electrons. The van der Waals surface area contributed by atoms with Crippen molar-refractivity contribution in [2.45, 2.75) is 13.8 Å². The molecule has 0 fully saturated rings. The van der Waals surface area contributed by atoms with Crippen LogP contribution in [0.1, 0.15) is 11.1 Å². The summed E-state index contributed by atoms with van der Waals surface area (Å²) in [6, 6.07) is 20.2. The molecule has 3 aromatic carbocycles. The molecule has 0 aliphatic rings. The molecule has 0 saturated heterocycles. The van der Waals surface area contributed by atoms with Crippen LogP contribution < -0.4 is 5.46 Å². The molecule has 4 aromatic rings. The van der Waals surface area contributed by atoms with Crippen LogP contribution in [0.3, 0.4) is 0 Å². The van der Waals surface area contributed by atoms with Gasteiger partial charge in [-0.3, -0.25) is 4.98 Å². The molecule has 132 valence electrons. The van der Waals surface area contributed by atoms with Crippen LogP contribution in [-0.2, 0) is 0 Å². The second-order valence-electron chi connectivity index (χ2n) is 6.95. The molecule has 0 saturated carbocycles. The van der Waals surface area contributed by atoms with Crippen LogP contribution in [0, 0.1) is 13.8 Å². The standard InChI is InChI=1S/C23H20BNO2/c1-15-11-16(2)13-18(12-15)21-8-7-20(22-9-10-25-14-23(21)22)17-3-5-19(6-4-17)24(26)27/h3-14,26-27H,1-2H3. The van der Waals surface area contributed by atoms with Gasteiger partial charge in [0.15, 0.2) is 0 Å². The molecule has 0 amide bonds. The maximum absolute atomic E-state index is 9.31. The van der Waals surface area contributed by atoms with Gasteiger partial charge in [-0.2, -0.15) is 0 Å². The SMILES string of the molecule is Cc1cc(C)cc(-c2ccc(-c3ccc(B(O)O)cc3)c3ccncc23)c1. The Kier molecular flexibility index (Phi) is 4.52. The zero-order valence-corrected chi connectivity index (χ0v) is 15.3. The first kappa shape index (κ1) is 17.5. The van der Waals surface area contributed by atoms with Crippen LogP contribution in [0.5, 0.6) is 0 Å². The van der Waals surface area contributed by atoms with Gasteiger partial charge in [0.25, 0.3) is 0 Å². The quantitative estimate of drug-likeness (QED) is 0.550. The van der Waals surface area contributed by atoms with Crippen LogP contribution in [0.15, 0.2) is 73.1 Å². The highest BCUT2D eigenvalue weighted by Crippen LogP contribution is 2.35. The molecular weight excluding hydrogens is 333 g/mol. The molecule has 2 N–H and O–H groups in total. The van der Waals surface area contributed by atoms with E-state index in [-0.39, 0.29) is 0 Å². The third-order valence-electron chi connectivity index (χ3n) is 4.87. The summed E-state index contributed by atoms with van der Waals surface area (Å²) in [5.74, 6) is 0. The van der Waals surface area contributed by atoms with Crippen molar-refractivity contribution in [1.29, 1.82) is 0 Å². The van der Waals surface area contributed by atoms with Crippen LogP contribution >= 0.6 is 0 Å². The van der Waals surface area contributed by atoms with E-state index in [9.17, 15) is 10.0 Å². The van der Waals surface area contributed by atoms with Crippen molar-refractivity contribution in [3.05, 3.63) is 84.2 Å². The largest absolute Gasteiger partial charge is 0.488 e. The van der Waals surface area contributed by atoms with Crippen molar-refractivity contribution >= 4 is 23.4 Å². The fourth-order valence-corrected chi connectivity index (χ4v) is 3.66. The molecule has 0 aliphatic heterocycles. The van der Waals surface area contributed by atoms with Crippen molar-refractivity contribution in [3.8, 4) is 22.3 Å². The second-order valence-corrected chi connectivity index (χ2v) is 6.95. The Morgan fingerprint density at radius 3 is 1.96 bits per heavy atom. The van der Waals surface area contributed by atoms with Gasteiger partial charge in [0.1, 0.15) is 0 Å². The Morgan fingerprint density at radius 1 is 0.704 bits per heavy atom. The number of nitrogens with zero attached hydrogens (tertiary/aromatic N) is 1. The number of rotatable bonds is 3. The van der Waals surface area contributed by atoms with Gasteiger partial charge in [-0.05, 0) is 53.0 Å². The van der Waals surface area contributed by atoms with Crippen LogP contribution in [0.4, 0.5) is 0 Å². The summed E-state index contributed by atoms with van der Waals surface area (Å²) in [4.78, 5) is 4.35. The lowest BCUT2D eigenvalue weighted by Crippen LogP contribution is -2.29. The fraction of sp³-hybridized carbons (Fsp3) is 0.0870. The number of hydrogen-bond acceptors (Lipinski definition) is 3. The van der Waals surface area contributed by atoms with E-state index in [2.05, 4.69) is 49.2 Å². The van der Waals surface area contributed by atoms with Crippen molar-refractivity contribution in [3.63, 3.8) is 0 Å². The number of benzene rings is 3. The Balaban J connectivity index is 1.90. The van der Waals surface area contributed by atoms with Gasteiger partial charge in [0.2, 0.25) is 0 Å². The Bertz CT molecular complexity index is 1100. The minimum Gasteiger partial charge on any atom is -0.423 e. The molecule has 1 aromatic heterocycles. The third-order valence-corrected chi connectivity index (χ3v) is 4.87. The highest BCUT2D eigenvalue weighted by molar-refractivity contribution is 6.58. The van der Waals surface area contributed by atoms with Gasteiger partial charge in [0, 0.05) is 17.8 Å². The van der Waals surface area contributed by atoms with Crippen molar-refractivity contribution < 1.29 is 10.0 Å². The van der Waals surface area contributed by atoms with Gasteiger partial charge < -0.3 is 10.0 Å². The van der Waals surface area contributed by atoms with Gasteiger partial charge in [-0.25, -0.2) is 0 Å². The Hall–Kier alpha value is -2.95.